The summed E-state index contributed by atoms with van der Waals surface area (Å²) in [4.78, 5) is 18.1. The minimum absolute atomic E-state index is 0.208. The lowest BCUT2D eigenvalue weighted by atomic mass is 10.3. The highest BCUT2D eigenvalue weighted by atomic mass is 16.2. The Labute approximate surface area is 140 Å². The molecule has 1 aromatic carbocycles. The molecule has 0 aliphatic heterocycles. The molecule has 0 unspecified atom stereocenters. The maximum absolute atomic E-state index is 12.3. The molecule has 0 radical (unpaired) electrons. The molecule has 6 heteroatoms. The fourth-order valence-corrected chi connectivity index (χ4v) is 2.33. The Morgan fingerprint density at radius 1 is 1.17 bits per heavy atom. The number of aryl methyl sites for hydroxylation is 1. The number of nitrogens with one attached hydrogen (secondary N) is 1. The fourth-order valence-electron chi connectivity index (χ4n) is 2.33. The van der Waals surface area contributed by atoms with Crippen molar-refractivity contribution in [2.24, 2.45) is 0 Å². The van der Waals surface area contributed by atoms with Crippen molar-refractivity contribution in [2.45, 2.75) is 13.5 Å². The maximum Gasteiger partial charge on any atom is 0.323 e. The van der Waals surface area contributed by atoms with Gasteiger partial charge in [0.1, 0.15) is 5.82 Å². The monoisotopic (exact) mass is 321 g/mol. The van der Waals surface area contributed by atoms with Crippen LogP contribution in [0.4, 0.5) is 10.6 Å². The first-order valence-corrected chi connectivity index (χ1v) is 7.66. The van der Waals surface area contributed by atoms with Gasteiger partial charge in [0.05, 0.1) is 18.4 Å². The van der Waals surface area contributed by atoms with Crippen molar-refractivity contribution in [1.82, 2.24) is 19.7 Å². The van der Waals surface area contributed by atoms with Gasteiger partial charge < -0.3 is 4.90 Å². The summed E-state index contributed by atoms with van der Waals surface area (Å²) in [5.74, 6) is 0.548. The van der Waals surface area contributed by atoms with Gasteiger partial charge in [0.2, 0.25) is 0 Å². The average molecular weight is 321 g/mol. The van der Waals surface area contributed by atoms with E-state index in [1.54, 1.807) is 28.9 Å². The topological polar surface area (TPSA) is 63.1 Å². The molecule has 2 heterocycles. The van der Waals surface area contributed by atoms with Crippen molar-refractivity contribution in [3.05, 3.63) is 72.2 Å². The molecule has 1 N–H and O–H groups in total. The van der Waals surface area contributed by atoms with E-state index in [2.05, 4.69) is 15.4 Å². The Hall–Kier alpha value is -3.15. The molecule has 6 nitrogen and oxygen atoms in total. The van der Waals surface area contributed by atoms with Crippen LogP contribution in [-0.4, -0.2) is 32.7 Å². The van der Waals surface area contributed by atoms with Crippen LogP contribution in [0.15, 0.2) is 60.9 Å². The predicted octanol–water partition coefficient (Wildman–Crippen LogP) is 3.24. The number of amides is 2. The van der Waals surface area contributed by atoms with Crippen LogP contribution in [0.25, 0.3) is 5.69 Å². The van der Waals surface area contributed by atoms with E-state index in [4.69, 9.17) is 0 Å². The lowest BCUT2D eigenvalue weighted by Crippen LogP contribution is -2.31. The molecular weight excluding hydrogens is 302 g/mol. The molecular formula is C18H19N5O. The second-order valence-corrected chi connectivity index (χ2v) is 5.58. The van der Waals surface area contributed by atoms with E-state index in [-0.39, 0.29) is 6.03 Å². The van der Waals surface area contributed by atoms with Gasteiger partial charge in [0.15, 0.2) is 0 Å². The van der Waals surface area contributed by atoms with Crippen LogP contribution in [0.3, 0.4) is 0 Å². The summed E-state index contributed by atoms with van der Waals surface area (Å²) in [7, 11) is 1.74. The summed E-state index contributed by atoms with van der Waals surface area (Å²) < 4.78 is 1.79. The van der Waals surface area contributed by atoms with E-state index in [0.717, 1.165) is 16.9 Å². The first-order chi connectivity index (χ1) is 11.6. The molecule has 0 spiro atoms. The molecule has 0 bridgehead atoms. The van der Waals surface area contributed by atoms with Crippen molar-refractivity contribution in [3.63, 3.8) is 0 Å². The van der Waals surface area contributed by atoms with E-state index in [9.17, 15) is 4.79 Å². The number of aromatic nitrogens is 3. The summed E-state index contributed by atoms with van der Waals surface area (Å²) in [6.07, 6.45) is 3.69. The van der Waals surface area contributed by atoms with Crippen molar-refractivity contribution >= 4 is 11.8 Å². The molecule has 0 fully saturated rings. The average Bonchev–Trinajstić information content (AvgIpc) is 3.04. The van der Waals surface area contributed by atoms with Gasteiger partial charge >= 0.3 is 6.03 Å². The molecule has 3 aromatic rings. The molecule has 122 valence electrons. The minimum atomic E-state index is -0.208. The van der Waals surface area contributed by atoms with Crippen molar-refractivity contribution < 1.29 is 4.79 Å². The van der Waals surface area contributed by atoms with Crippen molar-refractivity contribution in [1.29, 1.82) is 0 Å². The van der Waals surface area contributed by atoms with Crippen molar-refractivity contribution in [2.75, 3.05) is 12.4 Å². The zero-order chi connectivity index (χ0) is 16.9. The minimum Gasteiger partial charge on any atom is -0.323 e. The molecule has 3 rings (SSSR count). The van der Waals surface area contributed by atoms with Crippen LogP contribution in [0.5, 0.6) is 0 Å². The second-order valence-electron chi connectivity index (χ2n) is 5.58. The molecule has 0 saturated carbocycles. The number of carbonyl (C=O) groups excluding carboxylic acids is 1. The number of hydrogen-bond acceptors (Lipinski definition) is 3. The lowest BCUT2D eigenvalue weighted by Gasteiger charge is -2.16. The zero-order valence-electron chi connectivity index (χ0n) is 13.7. The Kier molecular flexibility index (Phi) is 4.56. The normalized spacial score (nSPS) is 10.4. The Bertz CT molecular complexity index is 828. The fraction of sp³-hybridized carbons (Fsp3) is 0.167. The number of hydrogen-bond donors (Lipinski definition) is 1. The predicted molar refractivity (Wildman–Crippen MR) is 93.0 cm³/mol. The number of urea groups is 1. The number of anilines is 1. The van der Waals surface area contributed by atoms with E-state index >= 15 is 0 Å². The number of para-hydroxylation sites is 1. The highest BCUT2D eigenvalue weighted by Gasteiger charge is 2.11. The Balaban J connectivity index is 1.63. The van der Waals surface area contributed by atoms with E-state index in [1.807, 2.05) is 55.6 Å². The second kappa shape index (κ2) is 6.95. The summed E-state index contributed by atoms with van der Waals surface area (Å²) in [6.45, 7) is 2.35. The quantitative estimate of drug-likeness (QED) is 0.802. The number of nitrogens with zero attached hydrogens (tertiary/aromatic N) is 4. The Morgan fingerprint density at radius 2 is 1.96 bits per heavy atom. The molecule has 0 aliphatic rings. The SMILES string of the molecule is Cc1cccc(NC(=O)N(C)Cc2cnn(-c3ccccc3)c2)n1. The van der Waals surface area contributed by atoms with Gasteiger partial charge in [0, 0.05) is 24.5 Å². The summed E-state index contributed by atoms with van der Waals surface area (Å²) in [5.41, 5.74) is 2.80. The largest absolute Gasteiger partial charge is 0.323 e. The van der Waals surface area contributed by atoms with Gasteiger partial charge in [-0.1, -0.05) is 24.3 Å². The third-order valence-corrected chi connectivity index (χ3v) is 3.55. The van der Waals surface area contributed by atoms with Gasteiger partial charge in [-0.15, -0.1) is 0 Å². The van der Waals surface area contributed by atoms with E-state index < -0.39 is 0 Å². The van der Waals surface area contributed by atoms with Gasteiger partial charge in [-0.3, -0.25) is 5.32 Å². The van der Waals surface area contributed by atoms with Gasteiger partial charge in [-0.25, -0.2) is 14.5 Å². The Morgan fingerprint density at radius 3 is 2.71 bits per heavy atom. The van der Waals surface area contributed by atoms with Crippen molar-refractivity contribution in [3.8, 4) is 5.69 Å². The molecule has 0 saturated heterocycles. The van der Waals surface area contributed by atoms with Gasteiger partial charge in [-0.2, -0.15) is 5.10 Å². The van der Waals surface area contributed by atoms with E-state index in [1.165, 1.54) is 0 Å². The highest BCUT2D eigenvalue weighted by molar-refractivity contribution is 5.88. The molecule has 0 atom stereocenters. The van der Waals surface area contributed by atoms with Gasteiger partial charge in [0.25, 0.3) is 0 Å². The molecule has 24 heavy (non-hydrogen) atoms. The first kappa shape index (κ1) is 15.7. The van der Waals surface area contributed by atoms with Crippen LogP contribution in [-0.2, 0) is 6.54 Å². The van der Waals surface area contributed by atoms with Crippen LogP contribution in [0.2, 0.25) is 0 Å². The number of rotatable bonds is 4. The molecule has 0 aliphatic carbocycles. The molecule has 2 aromatic heterocycles. The number of benzene rings is 1. The standard InChI is InChI=1S/C18H19N5O/c1-14-7-6-10-17(20-14)21-18(24)22(2)12-15-11-19-23(13-15)16-8-4-3-5-9-16/h3-11,13H,12H2,1-2H3,(H,20,21,24). The third kappa shape index (κ3) is 3.78. The zero-order valence-corrected chi connectivity index (χ0v) is 13.7. The lowest BCUT2D eigenvalue weighted by molar-refractivity contribution is 0.220. The highest BCUT2D eigenvalue weighted by Crippen LogP contribution is 2.10. The third-order valence-electron chi connectivity index (χ3n) is 3.55. The van der Waals surface area contributed by atoms with Crippen LogP contribution in [0, 0.1) is 6.92 Å². The summed E-state index contributed by atoms with van der Waals surface area (Å²) in [6, 6.07) is 15.2. The smallest absolute Gasteiger partial charge is 0.323 e. The number of pyridine rings is 1. The van der Waals surface area contributed by atoms with Crippen LogP contribution in [0.1, 0.15) is 11.3 Å². The van der Waals surface area contributed by atoms with Crippen LogP contribution < -0.4 is 5.32 Å². The van der Waals surface area contributed by atoms with Crippen LogP contribution >= 0.6 is 0 Å². The number of carbonyl (C=O) groups is 1. The summed E-state index contributed by atoms with van der Waals surface area (Å²) >= 11 is 0. The maximum atomic E-state index is 12.3. The van der Waals surface area contributed by atoms with Gasteiger partial charge in [-0.05, 0) is 31.2 Å². The first-order valence-electron chi connectivity index (χ1n) is 7.66. The molecule has 2 amide bonds. The van der Waals surface area contributed by atoms with E-state index in [0.29, 0.717) is 12.4 Å². The summed E-state index contributed by atoms with van der Waals surface area (Å²) in [5, 5.41) is 7.13.